The van der Waals surface area contributed by atoms with Crippen molar-refractivity contribution in [3.8, 4) is 23.0 Å². The summed E-state index contributed by atoms with van der Waals surface area (Å²) in [6.07, 6.45) is 0.537. The Bertz CT molecular complexity index is 2680. The summed E-state index contributed by atoms with van der Waals surface area (Å²) in [5.74, 6) is -0.868. The maximum Gasteiger partial charge on any atom is 0.317 e. The van der Waals surface area contributed by atoms with Crippen LogP contribution in [0, 0.1) is 19.7 Å². The molecule has 0 aromatic heterocycles. The molecule has 0 aliphatic heterocycles. The summed E-state index contributed by atoms with van der Waals surface area (Å²) in [6.45, 7) is 5.00. The third-order valence-corrected chi connectivity index (χ3v) is 12.1. The van der Waals surface area contributed by atoms with Crippen LogP contribution in [0.5, 0.6) is 23.0 Å². The second-order valence-electron chi connectivity index (χ2n) is 12.7. The van der Waals surface area contributed by atoms with Gasteiger partial charge in [0.2, 0.25) is 0 Å². The van der Waals surface area contributed by atoms with Crippen LogP contribution in [-0.4, -0.2) is 40.8 Å². The molecular weight excluding hydrogens is 755 g/mol. The summed E-state index contributed by atoms with van der Waals surface area (Å²) in [4.78, 5) is 26.8. The predicted molar refractivity (Wildman–Crippen MR) is 205 cm³/mol. The lowest BCUT2D eigenvalue weighted by atomic mass is 9.97. The third-order valence-electron chi connectivity index (χ3n) is 8.98. The molecule has 0 saturated heterocycles. The Morgan fingerprint density at radius 3 is 1.59 bits per heavy atom. The molecule has 0 radical (unpaired) electrons. The second-order valence-corrected chi connectivity index (χ2v) is 17.5. The van der Waals surface area contributed by atoms with Crippen molar-refractivity contribution in [2.75, 3.05) is 12.0 Å². The van der Waals surface area contributed by atoms with E-state index in [9.17, 15) is 30.8 Å². The normalized spacial score (nSPS) is 11.8. The molecule has 0 bridgehead atoms. The number of hydrogen-bond acceptors (Lipinski definition) is 9. The first-order valence-electron chi connectivity index (χ1n) is 16.7. The van der Waals surface area contributed by atoms with E-state index in [-0.39, 0.29) is 34.1 Å². The van der Waals surface area contributed by atoms with Crippen molar-refractivity contribution in [1.29, 1.82) is 0 Å². The number of ether oxygens (including phenoxy) is 3. The van der Waals surface area contributed by atoms with Crippen LogP contribution >= 0.6 is 11.6 Å². The Kier molecular flexibility index (Phi) is 10.8. The minimum atomic E-state index is -3.43. The molecule has 6 aromatic carbocycles. The highest BCUT2D eigenvalue weighted by Gasteiger charge is 2.21. The van der Waals surface area contributed by atoms with Crippen LogP contribution in [0.1, 0.15) is 29.2 Å². The smallest absolute Gasteiger partial charge is 0.317 e. The van der Waals surface area contributed by atoms with E-state index in [4.69, 9.17) is 25.8 Å². The van der Waals surface area contributed by atoms with Crippen molar-refractivity contribution in [2.24, 2.45) is 0 Å². The van der Waals surface area contributed by atoms with Crippen molar-refractivity contribution >= 4 is 64.8 Å². The SMILES string of the molecule is CCS(=O)(=O)c1ccc(Oc2c(C)c(CC(=O)OC(=O)Cc3cc4ccc(Cl)cc4c(Oc4ccc(S(C)(=O)=O)cc4)c3C)cc3ccc(F)cc23)cc1. The van der Waals surface area contributed by atoms with Crippen LogP contribution in [0.4, 0.5) is 4.39 Å². The van der Waals surface area contributed by atoms with Gasteiger partial charge in [0.15, 0.2) is 19.7 Å². The summed E-state index contributed by atoms with van der Waals surface area (Å²) in [6, 6.07) is 24.6. The molecule has 0 spiro atoms. The van der Waals surface area contributed by atoms with Crippen molar-refractivity contribution in [1.82, 2.24) is 0 Å². The Hall–Kier alpha value is -5.30. The summed E-state index contributed by atoms with van der Waals surface area (Å²) in [5.41, 5.74) is 2.09. The number of rotatable bonds is 11. The highest BCUT2D eigenvalue weighted by Crippen LogP contribution is 2.39. The second kappa shape index (κ2) is 15.2. The maximum atomic E-state index is 14.4. The van der Waals surface area contributed by atoms with Crippen LogP contribution in [0.2, 0.25) is 5.02 Å². The molecule has 0 unspecified atom stereocenters. The molecule has 54 heavy (non-hydrogen) atoms. The average molecular weight is 789 g/mol. The minimum Gasteiger partial charge on any atom is -0.456 e. The standard InChI is InChI=1S/C41H34ClFO9S2/c1-5-54(48,49)35-16-12-33(13-17-35)51-41-25(3)29(19-27-7-9-31(43)23-37(27)41)21-39(45)52-38(44)20-28-18-26-6-8-30(42)22-36(26)40(24(28)2)50-32-10-14-34(15-11-32)53(4,46)47/h6-19,22-23H,5,20-21H2,1-4H3. The Morgan fingerprint density at radius 2 is 1.11 bits per heavy atom. The average Bonchev–Trinajstić information content (AvgIpc) is 3.12. The van der Waals surface area contributed by atoms with Crippen LogP contribution in [-0.2, 0) is 46.8 Å². The van der Waals surface area contributed by atoms with Crippen molar-refractivity contribution in [2.45, 2.75) is 43.4 Å². The van der Waals surface area contributed by atoms with Gasteiger partial charge in [0, 0.05) is 22.1 Å². The van der Waals surface area contributed by atoms with Crippen molar-refractivity contribution < 1.29 is 45.0 Å². The van der Waals surface area contributed by atoms with E-state index in [0.717, 1.165) is 6.26 Å². The van der Waals surface area contributed by atoms with Gasteiger partial charge in [0.05, 0.1) is 28.4 Å². The fourth-order valence-electron chi connectivity index (χ4n) is 6.00. The number of fused-ring (bicyclic) bond motifs is 2. The highest BCUT2D eigenvalue weighted by molar-refractivity contribution is 7.91. The van der Waals surface area contributed by atoms with Gasteiger partial charge in [-0.05, 0) is 120 Å². The molecule has 0 fully saturated rings. The lowest BCUT2D eigenvalue weighted by molar-refractivity contribution is -0.158. The topological polar surface area (TPSA) is 130 Å². The van der Waals surface area contributed by atoms with Gasteiger partial charge in [-0.2, -0.15) is 0 Å². The highest BCUT2D eigenvalue weighted by atomic mass is 35.5. The molecule has 13 heteroatoms. The van der Waals surface area contributed by atoms with Crippen LogP contribution in [0.25, 0.3) is 21.5 Å². The van der Waals surface area contributed by atoms with E-state index in [1.165, 1.54) is 60.7 Å². The predicted octanol–water partition coefficient (Wildman–Crippen LogP) is 9.04. The molecule has 0 aliphatic carbocycles. The quantitative estimate of drug-likeness (QED) is 0.0933. The van der Waals surface area contributed by atoms with Crippen LogP contribution in [0.15, 0.2) is 107 Å². The maximum absolute atomic E-state index is 14.4. The van der Waals surface area contributed by atoms with E-state index in [2.05, 4.69) is 0 Å². The fraction of sp³-hybridized carbons (Fsp3) is 0.171. The zero-order chi connectivity index (χ0) is 38.9. The first-order valence-corrected chi connectivity index (χ1v) is 20.6. The molecule has 0 heterocycles. The van der Waals surface area contributed by atoms with Gasteiger partial charge < -0.3 is 14.2 Å². The summed E-state index contributed by atoms with van der Waals surface area (Å²) in [7, 11) is -6.85. The summed E-state index contributed by atoms with van der Waals surface area (Å²) in [5, 5.41) is 2.83. The first-order chi connectivity index (χ1) is 25.5. The first kappa shape index (κ1) is 38.4. The monoisotopic (exact) mass is 788 g/mol. The fourth-order valence-corrected chi connectivity index (χ4v) is 7.69. The Morgan fingerprint density at radius 1 is 0.648 bits per heavy atom. The van der Waals surface area contributed by atoms with E-state index >= 15 is 0 Å². The molecule has 0 atom stereocenters. The zero-order valence-corrected chi connectivity index (χ0v) is 32.0. The molecule has 6 aromatic rings. The van der Waals surface area contributed by atoms with E-state index in [0.29, 0.717) is 66.1 Å². The van der Waals surface area contributed by atoms with Gasteiger partial charge in [-0.1, -0.05) is 42.8 Å². The Labute approximate surface area is 317 Å². The largest absolute Gasteiger partial charge is 0.456 e. The molecule has 0 amide bonds. The summed E-state index contributed by atoms with van der Waals surface area (Å²) < 4.78 is 80.5. The number of carbonyl (C=O) groups is 2. The van der Waals surface area contributed by atoms with E-state index < -0.39 is 37.4 Å². The Balaban J connectivity index is 1.24. The molecule has 0 aliphatic rings. The van der Waals surface area contributed by atoms with Gasteiger partial charge in [0.1, 0.15) is 28.8 Å². The van der Waals surface area contributed by atoms with E-state index in [1.54, 1.807) is 57.2 Å². The molecular formula is C41H34ClFO9S2. The molecule has 9 nitrogen and oxygen atoms in total. The lowest BCUT2D eigenvalue weighted by Gasteiger charge is -2.17. The summed E-state index contributed by atoms with van der Waals surface area (Å²) >= 11 is 6.31. The number of halogens is 2. The van der Waals surface area contributed by atoms with Gasteiger partial charge in [-0.3, -0.25) is 9.59 Å². The lowest BCUT2D eigenvalue weighted by Crippen LogP contribution is -2.17. The molecule has 0 saturated carbocycles. The van der Waals surface area contributed by atoms with Crippen LogP contribution in [0.3, 0.4) is 0 Å². The molecule has 278 valence electrons. The van der Waals surface area contributed by atoms with Crippen molar-refractivity contribution in [3.63, 3.8) is 0 Å². The van der Waals surface area contributed by atoms with E-state index in [1.807, 2.05) is 0 Å². The number of benzene rings is 6. The van der Waals surface area contributed by atoms with Gasteiger partial charge in [-0.15, -0.1) is 0 Å². The minimum absolute atomic E-state index is 0.0606. The van der Waals surface area contributed by atoms with Crippen LogP contribution < -0.4 is 9.47 Å². The number of esters is 2. The molecule has 0 N–H and O–H groups in total. The third kappa shape index (κ3) is 8.41. The number of carbonyl (C=O) groups excluding carboxylic acids is 2. The zero-order valence-electron chi connectivity index (χ0n) is 29.6. The number of sulfone groups is 2. The molecule has 6 rings (SSSR count). The van der Waals surface area contributed by atoms with Crippen molar-refractivity contribution in [3.05, 3.63) is 130 Å². The number of hydrogen-bond donors (Lipinski definition) is 0. The van der Waals surface area contributed by atoms with Gasteiger partial charge >= 0.3 is 11.9 Å². The van der Waals surface area contributed by atoms with Gasteiger partial charge in [0.25, 0.3) is 0 Å². The van der Waals surface area contributed by atoms with Gasteiger partial charge in [-0.25, -0.2) is 21.2 Å².